The van der Waals surface area contributed by atoms with Gasteiger partial charge < -0.3 is 14.9 Å². The summed E-state index contributed by atoms with van der Waals surface area (Å²) in [5.41, 5.74) is 0.827. The fraction of sp³-hybridized carbons (Fsp3) is 0.357. The van der Waals surface area contributed by atoms with E-state index in [0.29, 0.717) is 24.3 Å². The average molecular weight is 275 g/mol. The molecular weight excluding hydrogens is 258 g/mol. The lowest BCUT2D eigenvalue weighted by Gasteiger charge is -2.32. The first-order valence-corrected chi connectivity index (χ1v) is 6.42. The van der Waals surface area contributed by atoms with Crippen LogP contribution in [0.15, 0.2) is 24.4 Å². The van der Waals surface area contributed by atoms with Crippen LogP contribution in [0.3, 0.4) is 0 Å². The van der Waals surface area contributed by atoms with Gasteiger partial charge in [0.2, 0.25) is 0 Å². The van der Waals surface area contributed by atoms with Crippen molar-refractivity contribution in [3.8, 4) is 0 Å². The summed E-state index contributed by atoms with van der Waals surface area (Å²) >= 11 is 0. The Kier molecular flexibility index (Phi) is 4.47. The topological polar surface area (TPSA) is 73.7 Å². The van der Waals surface area contributed by atoms with Gasteiger partial charge >= 0.3 is 5.97 Å². The Morgan fingerprint density at radius 1 is 1.30 bits per heavy atom. The maximum absolute atomic E-state index is 12.4. The van der Waals surface area contributed by atoms with Crippen molar-refractivity contribution >= 4 is 18.0 Å². The van der Waals surface area contributed by atoms with E-state index in [1.54, 1.807) is 23.2 Å². The summed E-state index contributed by atoms with van der Waals surface area (Å²) in [4.78, 5) is 31.0. The summed E-state index contributed by atoms with van der Waals surface area (Å²) in [5.74, 6) is -1.20. The quantitative estimate of drug-likeness (QED) is 0.816. The predicted octanol–water partition coefficient (Wildman–Crippen LogP) is 0.567. The number of hydrogen-bond donors (Lipinski definition) is 1. The van der Waals surface area contributed by atoms with Gasteiger partial charge in [0.25, 0.3) is 5.91 Å². The molecule has 1 aromatic rings. The van der Waals surface area contributed by atoms with Gasteiger partial charge in [-0.2, -0.15) is 0 Å². The fourth-order valence-electron chi connectivity index (χ4n) is 2.05. The molecular formula is C14H17N3O3. The van der Waals surface area contributed by atoms with Crippen LogP contribution in [0.25, 0.3) is 6.08 Å². The summed E-state index contributed by atoms with van der Waals surface area (Å²) in [7, 11) is 2.02. The number of rotatable bonds is 3. The third-order valence-electron chi connectivity index (χ3n) is 3.24. The van der Waals surface area contributed by atoms with E-state index in [1.807, 2.05) is 7.05 Å². The van der Waals surface area contributed by atoms with E-state index in [-0.39, 0.29) is 5.91 Å². The Morgan fingerprint density at radius 2 is 2.00 bits per heavy atom. The first kappa shape index (κ1) is 14.2. The van der Waals surface area contributed by atoms with E-state index in [0.717, 1.165) is 19.2 Å². The van der Waals surface area contributed by atoms with Crippen LogP contribution in [-0.2, 0) is 4.79 Å². The number of carbonyl (C=O) groups excluding carboxylic acids is 1. The van der Waals surface area contributed by atoms with Crippen LogP contribution in [0.4, 0.5) is 0 Å². The highest BCUT2D eigenvalue weighted by atomic mass is 16.4. The number of carbonyl (C=O) groups is 2. The van der Waals surface area contributed by atoms with Crippen molar-refractivity contribution in [3.05, 3.63) is 35.7 Å². The molecule has 1 N–H and O–H groups in total. The molecule has 0 saturated carbocycles. The molecule has 0 spiro atoms. The number of likely N-dealkylation sites (N-methyl/N-ethyl adjacent to an activating group) is 1. The lowest BCUT2D eigenvalue weighted by molar-refractivity contribution is -0.131. The van der Waals surface area contributed by atoms with Crippen molar-refractivity contribution < 1.29 is 14.7 Å². The molecule has 0 unspecified atom stereocenters. The highest BCUT2D eigenvalue weighted by molar-refractivity contribution is 5.97. The molecule has 106 valence electrons. The molecule has 20 heavy (non-hydrogen) atoms. The number of nitrogens with zero attached hydrogens (tertiary/aromatic N) is 3. The minimum atomic E-state index is -1.05. The Morgan fingerprint density at radius 3 is 2.65 bits per heavy atom. The van der Waals surface area contributed by atoms with Gasteiger partial charge in [-0.15, -0.1) is 0 Å². The molecule has 0 bridgehead atoms. The van der Waals surface area contributed by atoms with Crippen molar-refractivity contribution in [1.29, 1.82) is 0 Å². The Labute approximate surface area is 117 Å². The minimum absolute atomic E-state index is 0.149. The van der Waals surface area contributed by atoms with Crippen LogP contribution in [0.2, 0.25) is 0 Å². The zero-order valence-corrected chi connectivity index (χ0v) is 11.3. The van der Waals surface area contributed by atoms with Crippen molar-refractivity contribution in [2.75, 3.05) is 33.2 Å². The van der Waals surface area contributed by atoms with E-state index in [4.69, 9.17) is 5.11 Å². The molecule has 1 saturated heterocycles. The van der Waals surface area contributed by atoms with Gasteiger partial charge in [0.1, 0.15) is 5.69 Å². The van der Waals surface area contributed by atoms with Gasteiger partial charge in [0.05, 0.1) is 0 Å². The summed E-state index contributed by atoms with van der Waals surface area (Å²) in [5, 5.41) is 8.67. The number of carboxylic acids is 1. The third-order valence-corrected chi connectivity index (χ3v) is 3.24. The van der Waals surface area contributed by atoms with Crippen molar-refractivity contribution in [1.82, 2.24) is 14.8 Å². The second-order valence-electron chi connectivity index (χ2n) is 4.71. The Bertz CT molecular complexity index is 534. The molecule has 2 rings (SSSR count). The van der Waals surface area contributed by atoms with Crippen LogP contribution < -0.4 is 0 Å². The van der Waals surface area contributed by atoms with Crippen molar-refractivity contribution in [2.24, 2.45) is 0 Å². The molecule has 0 radical (unpaired) electrons. The van der Waals surface area contributed by atoms with Gasteiger partial charge in [-0.05, 0) is 19.2 Å². The van der Waals surface area contributed by atoms with E-state index in [2.05, 4.69) is 9.88 Å². The van der Waals surface area contributed by atoms with Gasteiger partial charge in [0.15, 0.2) is 0 Å². The average Bonchev–Trinajstić information content (AvgIpc) is 2.45. The van der Waals surface area contributed by atoms with Gasteiger partial charge in [-0.25, -0.2) is 4.79 Å². The normalized spacial score (nSPS) is 16.6. The molecule has 1 amide bonds. The summed E-state index contributed by atoms with van der Waals surface area (Å²) in [6.07, 6.45) is 3.96. The Hall–Kier alpha value is -2.21. The molecule has 1 aliphatic rings. The largest absolute Gasteiger partial charge is 0.478 e. The molecule has 1 aliphatic heterocycles. The van der Waals surface area contributed by atoms with E-state index >= 15 is 0 Å². The third kappa shape index (κ3) is 3.42. The maximum atomic E-state index is 12.4. The zero-order valence-electron chi connectivity index (χ0n) is 11.3. The summed E-state index contributed by atoms with van der Waals surface area (Å²) in [6, 6.07) is 3.37. The zero-order chi connectivity index (χ0) is 14.5. The number of amides is 1. The molecule has 0 atom stereocenters. The molecule has 6 heteroatoms. The summed E-state index contributed by atoms with van der Waals surface area (Å²) < 4.78 is 0. The van der Waals surface area contributed by atoms with Gasteiger partial charge in [-0.1, -0.05) is 6.07 Å². The van der Waals surface area contributed by atoms with E-state index in [9.17, 15) is 9.59 Å². The minimum Gasteiger partial charge on any atom is -0.478 e. The van der Waals surface area contributed by atoms with E-state index < -0.39 is 5.97 Å². The fourth-order valence-corrected chi connectivity index (χ4v) is 2.05. The number of aliphatic carboxylic acids is 1. The lowest BCUT2D eigenvalue weighted by atomic mass is 10.1. The van der Waals surface area contributed by atoms with Crippen molar-refractivity contribution in [2.45, 2.75) is 0 Å². The second kappa shape index (κ2) is 6.29. The SMILES string of the molecule is CN1CCN(C(=O)c2ncccc2/C=C/C(=O)O)CC1. The maximum Gasteiger partial charge on any atom is 0.328 e. The molecule has 1 fully saturated rings. The highest BCUT2D eigenvalue weighted by Gasteiger charge is 2.22. The van der Waals surface area contributed by atoms with Gasteiger partial charge in [0, 0.05) is 44.0 Å². The van der Waals surface area contributed by atoms with Crippen LogP contribution in [-0.4, -0.2) is 65.0 Å². The van der Waals surface area contributed by atoms with Crippen LogP contribution >= 0.6 is 0 Å². The molecule has 1 aromatic heterocycles. The standard InChI is InChI=1S/C14H17N3O3/c1-16-7-9-17(10-8-16)14(20)13-11(3-2-6-15-13)4-5-12(18)19/h2-6H,7-10H2,1H3,(H,18,19)/b5-4+. The molecule has 0 aliphatic carbocycles. The number of carboxylic acid groups (broad SMARTS) is 1. The van der Waals surface area contributed by atoms with Crippen LogP contribution in [0.5, 0.6) is 0 Å². The van der Waals surface area contributed by atoms with Crippen LogP contribution in [0.1, 0.15) is 16.1 Å². The number of hydrogen-bond acceptors (Lipinski definition) is 4. The highest BCUT2D eigenvalue weighted by Crippen LogP contribution is 2.12. The first-order chi connectivity index (χ1) is 9.58. The second-order valence-corrected chi connectivity index (χ2v) is 4.71. The van der Waals surface area contributed by atoms with Crippen LogP contribution in [0, 0.1) is 0 Å². The number of aromatic nitrogens is 1. The van der Waals surface area contributed by atoms with Crippen molar-refractivity contribution in [3.63, 3.8) is 0 Å². The number of pyridine rings is 1. The van der Waals surface area contributed by atoms with Gasteiger partial charge in [-0.3, -0.25) is 9.78 Å². The lowest BCUT2D eigenvalue weighted by Crippen LogP contribution is -2.47. The Balaban J connectivity index is 2.19. The number of piperazine rings is 1. The molecule has 6 nitrogen and oxygen atoms in total. The molecule has 2 heterocycles. The summed E-state index contributed by atoms with van der Waals surface area (Å²) in [6.45, 7) is 2.99. The smallest absolute Gasteiger partial charge is 0.328 e. The monoisotopic (exact) mass is 275 g/mol. The van der Waals surface area contributed by atoms with E-state index in [1.165, 1.54) is 6.08 Å². The predicted molar refractivity (Wildman–Crippen MR) is 74.3 cm³/mol. The first-order valence-electron chi connectivity index (χ1n) is 6.42. The molecule has 0 aromatic carbocycles.